The summed E-state index contributed by atoms with van der Waals surface area (Å²) in [6, 6.07) is 9.44. The first-order chi connectivity index (χ1) is 8.13. The fourth-order valence-corrected chi connectivity index (χ4v) is 3.05. The molecule has 1 aliphatic carbocycles. The molecule has 0 heterocycles. The highest BCUT2D eigenvalue weighted by molar-refractivity contribution is 6.30. The first kappa shape index (κ1) is 12.9. The maximum absolute atomic E-state index is 6.00. The standard InChI is InChI=1S/C15H22ClN/c1-11-6-7-15(8-11)17-12(2)9-13-4-3-5-14(16)10-13/h3-5,10-12,15,17H,6-9H2,1-2H3. The number of nitrogens with one attached hydrogen (secondary N) is 1. The lowest BCUT2D eigenvalue weighted by atomic mass is 10.1. The molecule has 94 valence electrons. The molecule has 0 amide bonds. The van der Waals surface area contributed by atoms with Crippen molar-refractivity contribution in [2.24, 2.45) is 5.92 Å². The van der Waals surface area contributed by atoms with E-state index in [1.807, 2.05) is 12.1 Å². The van der Waals surface area contributed by atoms with E-state index in [1.165, 1.54) is 24.8 Å². The molecule has 0 spiro atoms. The van der Waals surface area contributed by atoms with Crippen molar-refractivity contribution in [2.75, 3.05) is 0 Å². The zero-order valence-corrected chi connectivity index (χ0v) is 11.5. The molecule has 1 N–H and O–H groups in total. The lowest BCUT2D eigenvalue weighted by Gasteiger charge is -2.19. The molecule has 0 aromatic heterocycles. The van der Waals surface area contributed by atoms with Crippen LogP contribution in [0.5, 0.6) is 0 Å². The lowest BCUT2D eigenvalue weighted by Crippen LogP contribution is -2.36. The van der Waals surface area contributed by atoms with E-state index >= 15 is 0 Å². The third-order valence-electron chi connectivity index (χ3n) is 3.65. The van der Waals surface area contributed by atoms with Gasteiger partial charge in [-0.15, -0.1) is 0 Å². The maximum Gasteiger partial charge on any atom is 0.0408 e. The predicted molar refractivity (Wildman–Crippen MR) is 74.6 cm³/mol. The van der Waals surface area contributed by atoms with Crippen LogP contribution in [-0.4, -0.2) is 12.1 Å². The van der Waals surface area contributed by atoms with Crippen molar-refractivity contribution in [2.45, 2.75) is 51.6 Å². The number of halogens is 1. The average molecular weight is 252 g/mol. The second kappa shape index (κ2) is 5.88. The predicted octanol–water partition coefficient (Wildman–Crippen LogP) is 4.05. The Balaban J connectivity index is 1.83. The summed E-state index contributed by atoms with van der Waals surface area (Å²) >= 11 is 6.00. The van der Waals surface area contributed by atoms with Crippen molar-refractivity contribution in [3.8, 4) is 0 Å². The summed E-state index contributed by atoms with van der Waals surface area (Å²) in [6.45, 7) is 4.62. The van der Waals surface area contributed by atoms with Gasteiger partial charge in [0.2, 0.25) is 0 Å². The summed E-state index contributed by atoms with van der Waals surface area (Å²) in [5, 5.41) is 4.57. The summed E-state index contributed by atoms with van der Waals surface area (Å²) in [5.74, 6) is 0.894. The highest BCUT2D eigenvalue weighted by Gasteiger charge is 2.22. The number of rotatable bonds is 4. The first-order valence-corrected chi connectivity index (χ1v) is 7.02. The molecule has 17 heavy (non-hydrogen) atoms. The molecule has 0 radical (unpaired) electrons. The van der Waals surface area contributed by atoms with Gasteiger partial charge in [0.25, 0.3) is 0 Å². The van der Waals surface area contributed by atoms with Gasteiger partial charge in [0.1, 0.15) is 0 Å². The molecule has 1 saturated carbocycles. The minimum Gasteiger partial charge on any atom is -0.311 e. The highest BCUT2D eigenvalue weighted by atomic mass is 35.5. The van der Waals surface area contributed by atoms with Crippen LogP contribution in [0.15, 0.2) is 24.3 Å². The van der Waals surface area contributed by atoms with Crippen molar-refractivity contribution in [3.05, 3.63) is 34.9 Å². The number of hydrogen-bond donors (Lipinski definition) is 1. The Labute approximate surface area is 110 Å². The van der Waals surface area contributed by atoms with Crippen molar-refractivity contribution in [3.63, 3.8) is 0 Å². The van der Waals surface area contributed by atoms with Gasteiger partial charge in [0.15, 0.2) is 0 Å². The van der Waals surface area contributed by atoms with E-state index in [9.17, 15) is 0 Å². The zero-order valence-electron chi connectivity index (χ0n) is 10.7. The van der Waals surface area contributed by atoms with Gasteiger partial charge in [-0.25, -0.2) is 0 Å². The van der Waals surface area contributed by atoms with Crippen molar-refractivity contribution < 1.29 is 0 Å². The van der Waals surface area contributed by atoms with E-state index in [1.54, 1.807) is 0 Å². The minimum atomic E-state index is 0.531. The second-order valence-electron chi connectivity index (χ2n) is 5.52. The molecule has 2 rings (SSSR count). The van der Waals surface area contributed by atoms with Crippen molar-refractivity contribution >= 4 is 11.6 Å². The lowest BCUT2D eigenvalue weighted by molar-refractivity contribution is 0.438. The van der Waals surface area contributed by atoms with Crippen molar-refractivity contribution in [1.82, 2.24) is 5.32 Å². The summed E-state index contributed by atoms with van der Waals surface area (Å²) in [6.07, 6.45) is 5.11. The smallest absolute Gasteiger partial charge is 0.0408 e. The van der Waals surface area contributed by atoms with E-state index in [4.69, 9.17) is 11.6 Å². The Hall–Kier alpha value is -0.530. The molecule has 0 saturated heterocycles. The van der Waals surface area contributed by atoms with Gasteiger partial charge in [-0.3, -0.25) is 0 Å². The fourth-order valence-electron chi connectivity index (χ4n) is 2.84. The van der Waals surface area contributed by atoms with Crippen LogP contribution < -0.4 is 5.32 Å². The molecule has 1 aromatic rings. The Kier molecular flexibility index (Phi) is 4.47. The van der Waals surface area contributed by atoms with Crippen LogP contribution in [-0.2, 0) is 6.42 Å². The number of benzene rings is 1. The molecule has 3 atom stereocenters. The van der Waals surface area contributed by atoms with E-state index in [2.05, 4.69) is 31.3 Å². The highest BCUT2D eigenvalue weighted by Crippen LogP contribution is 2.25. The summed E-state index contributed by atoms with van der Waals surface area (Å²) in [4.78, 5) is 0. The van der Waals surface area contributed by atoms with Crippen LogP contribution >= 0.6 is 11.6 Å². The van der Waals surface area contributed by atoms with Gasteiger partial charge < -0.3 is 5.32 Å². The van der Waals surface area contributed by atoms with Gasteiger partial charge in [-0.05, 0) is 56.2 Å². The molecule has 1 aliphatic rings. The monoisotopic (exact) mass is 251 g/mol. The molecule has 0 bridgehead atoms. The molecule has 1 aromatic carbocycles. The van der Waals surface area contributed by atoms with Crippen LogP contribution in [0.25, 0.3) is 0 Å². The molecule has 2 heteroatoms. The summed E-state index contributed by atoms with van der Waals surface area (Å²) in [7, 11) is 0. The first-order valence-electron chi connectivity index (χ1n) is 6.64. The van der Waals surface area contributed by atoms with Gasteiger partial charge >= 0.3 is 0 Å². The Morgan fingerprint density at radius 3 is 2.88 bits per heavy atom. The van der Waals surface area contributed by atoms with Crippen LogP contribution in [0.3, 0.4) is 0 Å². The maximum atomic E-state index is 6.00. The zero-order chi connectivity index (χ0) is 12.3. The van der Waals surface area contributed by atoms with Gasteiger partial charge in [-0.1, -0.05) is 30.7 Å². The third kappa shape index (κ3) is 4.01. The average Bonchev–Trinajstić information content (AvgIpc) is 2.63. The quantitative estimate of drug-likeness (QED) is 0.851. The van der Waals surface area contributed by atoms with Crippen LogP contribution in [0.4, 0.5) is 0 Å². The Morgan fingerprint density at radius 2 is 2.24 bits per heavy atom. The van der Waals surface area contributed by atoms with E-state index in [0.29, 0.717) is 6.04 Å². The van der Waals surface area contributed by atoms with Gasteiger partial charge in [0.05, 0.1) is 0 Å². The van der Waals surface area contributed by atoms with Gasteiger partial charge in [0, 0.05) is 17.1 Å². The molecule has 1 nitrogen and oxygen atoms in total. The molecule has 0 aliphatic heterocycles. The topological polar surface area (TPSA) is 12.0 Å². The third-order valence-corrected chi connectivity index (χ3v) is 3.88. The van der Waals surface area contributed by atoms with Crippen LogP contribution in [0.2, 0.25) is 5.02 Å². The fraction of sp³-hybridized carbons (Fsp3) is 0.600. The largest absolute Gasteiger partial charge is 0.311 e. The molecule has 1 fully saturated rings. The molecular formula is C15H22ClN. The van der Waals surface area contributed by atoms with E-state index < -0.39 is 0 Å². The van der Waals surface area contributed by atoms with Crippen LogP contribution in [0.1, 0.15) is 38.7 Å². The van der Waals surface area contributed by atoms with Crippen LogP contribution in [0, 0.1) is 5.92 Å². The normalized spacial score (nSPS) is 26.1. The number of hydrogen-bond acceptors (Lipinski definition) is 1. The molecule has 3 unspecified atom stereocenters. The SMILES string of the molecule is CC1CCC(NC(C)Cc2cccc(Cl)c2)C1. The van der Waals surface area contributed by atoms with E-state index in [0.717, 1.165) is 23.4 Å². The minimum absolute atomic E-state index is 0.531. The van der Waals surface area contributed by atoms with E-state index in [-0.39, 0.29) is 0 Å². The van der Waals surface area contributed by atoms with Gasteiger partial charge in [-0.2, -0.15) is 0 Å². The Bertz CT molecular complexity index is 364. The Morgan fingerprint density at radius 1 is 1.41 bits per heavy atom. The summed E-state index contributed by atoms with van der Waals surface area (Å²) < 4.78 is 0. The summed E-state index contributed by atoms with van der Waals surface area (Å²) in [5.41, 5.74) is 1.32. The molecular weight excluding hydrogens is 230 g/mol. The second-order valence-corrected chi connectivity index (χ2v) is 5.95. The van der Waals surface area contributed by atoms with Crippen molar-refractivity contribution in [1.29, 1.82) is 0 Å².